The molecular formula is C41H50N6O9. The molecule has 0 aliphatic carbocycles. The number of carbonyl (C=O) groups is 6. The van der Waals surface area contributed by atoms with Crippen LogP contribution in [0.1, 0.15) is 54.7 Å². The lowest BCUT2D eigenvalue weighted by Crippen LogP contribution is -2.62. The number of ether oxygens (including phenoxy) is 1. The summed E-state index contributed by atoms with van der Waals surface area (Å²) in [5.74, 6) is -3.58. The summed E-state index contributed by atoms with van der Waals surface area (Å²) in [5, 5.41) is 30.6. The van der Waals surface area contributed by atoms with Gasteiger partial charge in [0.05, 0.1) is 7.11 Å². The number of amides is 6. The minimum absolute atomic E-state index is 0.0342. The Balaban J connectivity index is 1.60. The van der Waals surface area contributed by atoms with E-state index >= 15 is 0 Å². The number of rotatable bonds is 3. The van der Waals surface area contributed by atoms with Gasteiger partial charge in [-0.25, -0.2) is 0 Å². The SMILES string of the molecule is COc1ccc(CC2C(=O)NC(C)C(=O)N(C)C3C(=O)N(C)C(Cc4ccc(O)c(c4)Cc4ccc(cc4)C3O)C(=O)NC(C)C(=O)NC(C)C(=O)N2C)cc1. The smallest absolute Gasteiger partial charge is 0.248 e. The number of methoxy groups -OCH3 is 1. The predicted molar refractivity (Wildman–Crippen MR) is 205 cm³/mol. The van der Waals surface area contributed by atoms with E-state index in [0.29, 0.717) is 34.4 Å². The van der Waals surface area contributed by atoms with Gasteiger partial charge in [0.2, 0.25) is 35.4 Å². The topological polar surface area (TPSA) is 198 Å². The first kappa shape index (κ1) is 41.2. The standard InChI is InChI=1S/C41H50N6O9/c1-22-36(50)43-23(2)39(53)45(4)31(20-26-10-15-30(56-7)16-11-26)38(52)44-24(3)40(54)47(6)34-35(49)28-13-8-25(9-14-28)18-29-19-27(12-17-33(29)48)21-32(37(51)42-22)46(5)41(34)55/h8-17,19,22-24,31-32,34-35,48-49H,18,20-21H2,1-7H3,(H,42,51)(H,43,50)(H,44,52). The Bertz CT molecular complexity index is 1970. The molecule has 298 valence electrons. The van der Waals surface area contributed by atoms with Crippen LogP contribution in [-0.4, -0.2) is 125 Å². The van der Waals surface area contributed by atoms with Gasteiger partial charge in [-0.2, -0.15) is 0 Å². The van der Waals surface area contributed by atoms with Crippen LogP contribution in [0.15, 0.2) is 66.7 Å². The molecule has 0 spiro atoms. The van der Waals surface area contributed by atoms with Crippen LogP contribution in [0.4, 0.5) is 0 Å². The second-order valence-electron chi connectivity index (χ2n) is 14.6. The van der Waals surface area contributed by atoms with E-state index < -0.39 is 77.8 Å². The maximum Gasteiger partial charge on any atom is 0.248 e. The Hall–Kier alpha value is -5.96. The third kappa shape index (κ3) is 8.94. The molecule has 0 radical (unpaired) electrons. The molecule has 3 heterocycles. The molecule has 1 fully saturated rings. The van der Waals surface area contributed by atoms with Crippen molar-refractivity contribution in [2.75, 3.05) is 28.3 Å². The molecule has 3 aliphatic heterocycles. The summed E-state index contributed by atoms with van der Waals surface area (Å²) in [6.45, 7) is 4.32. The lowest BCUT2D eigenvalue weighted by molar-refractivity contribution is -0.153. The average Bonchev–Trinajstić information content (AvgIpc) is 3.18. The molecule has 15 heteroatoms. The number of carbonyl (C=O) groups excluding carboxylic acids is 6. The summed E-state index contributed by atoms with van der Waals surface area (Å²) in [7, 11) is 5.64. The van der Waals surface area contributed by atoms with E-state index in [1.807, 2.05) is 0 Å². The third-order valence-corrected chi connectivity index (χ3v) is 10.6. The minimum atomic E-state index is -1.59. The van der Waals surface area contributed by atoms with Crippen molar-refractivity contribution in [3.63, 3.8) is 0 Å². The van der Waals surface area contributed by atoms with Crippen LogP contribution in [0.5, 0.6) is 11.5 Å². The molecule has 56 heavy (non-hydrogen) atoms. The predicted octanol–water partition coefficient (Wildman–Crippen LogP) is 0.833. The van der Waals surface area contributed by atoms with Crippen LogP contribution < -0.4 is 20.7 Å². The van der Waals surface area contributed by atoms with Crippen molar-refractivity contribution < 1.29 is 43.7 Å². The Morgan fingerprint density at radius 3 is 1.88 bits per heavy atom. The number of phenolic OH excluding ortho intramolecular Hbond substituents is 1. The number of likely N-dealkylation sites (N-methyl/N-ethyl adjacent to an activating group) is 3. The van der Waals surface area contributed by atoms with Gasteiger partial charge in [-0.3, -0.25) is 28.8 Å². The third-order valence-electron chi connectivity index (χ3n) is 10.6. The first-order chi connectivity index (χ1) is 26.5. The van der Waals surface area contributed by atoms with Gasteiger partial charge in [0.15, 0.2) is 0 Å². The molecule has 0 saturated carbocycles. The summed E-state index contributed by atoms with van der Waals surface area (Å²) in [6.07, 6.45) is -1.29. The molecule has 7 atom stereocenters. The molecule has 7 unspecified atom stereocenters. The minimum Gasteiger partial charge on any atom is -0.508 e. The highest BCUT2D eigenvalue weighted by Crippen LogP contribution is 2.28. The van der Waals surface area contributed by atoms with Crippen molar-refractivity contribution in [2.45, 2.75) is 82.4 Å². The first-order valence-corrected chi connectivity index (χ1v) is 18.4. The molecule has 5 N–H and O–H groups in total. The van der Waals surface area contributed by atoms with E-state index in [4.69, 9.17) is 4.74 Å². The largest absolute Gasteiger partial charge is 0.508 e. The molecular weight excluding hydrogens is 720 g/mol. The van der Waals surface area contributed by atoms with E-state index in [2.05, 4.69) is 16.0 Å². The zero-order valence-corrected chi connectivity index (χ0v) is 32.6. The Morgan fingerprint density at radius 2 is 1.25 bits per heavy atom. The second-order valence-corrected chi connectivity index (χ2v) is 14.6. The van der Waals surface area contributed by atoms with E-state index in [0.717, 1.165) is 15.4 Å². The van der Waals surface area contributed by atoms with Crippen molar-refractivity contribution in [1.82, 2.24) is 30.7 Å². The summed E-state index contributed by atoms with van der Waals surface area (Å²) < 4.78 is 5.25. The number of hydrogen-bond donors (Lipinski definition) is 5. The first-order valence-electron chi connectivity index (χ1n) is 18.4. The summed E-state index contributed by atoms with van der Waals surface area (Å²) in [5.41, 5.74) is 2.94. The zero-order chi connectivity index (χ0) is 41.0. The lowest BCUT2D eigenvalue weighted by Gasteiger charge is -2.38. The summed E-state index contributed by atoms with van der Waals surface area (Å²) >= 11 is 0. The van der Waals surface area contributed by atoms with Crippen LogP contribution in [0, 0.1) is 0 Å². The summed E-state index contributed by atoms with van der Waals surface area (Å²) in [4.78, 5) is 87.7. The fourth-order valence-corrected chi connectivity index (χ4v) is 7.08. The molecule has 3 aromatic rings. The Labute approximate surface area is 326 Å². The lowest BCUT2D eigenvalue weighted by atomic mass is 9.93. The van der Waals surface area contributed by atoms with Crippen molar-refractivity contribution >= 4 is 35.4 Å². The highest BCUT2D eigenvalue weighted by molar-refractivity contribution is 5.98. The number of aliphatic hydroxyl groups is 1. The average molecular weight is 771 g/mol. The molecule has 0 aromatic heterocycles. The van der Waals surface area contributed by atoms with Crippen LogP contribution in [0.3, 0.4) is 0 Å². The maximum absolute atomic E-state index is 14.7. The van der Waals surface area contributed by atoms with Crippen molar-refractivity contribution in [3.05, 3.63) is 94.5 Å². The van der Waals surface area contributed by atoms with Gasteiger partial charge < -0.3 is 45.6 Å². The monoisotopic (exact) mass is 770 g/mol. The van der Waals surface area contributed by atoms with Crippen LogP contribution in [0.2, 0.25) is 0 Å². The van der Waals surface area contributed by atoms with Gasteiger partial charge in [-0.15, -0.1) is 0 Å². The van der Waals surface area contributed by atoms with Crippen molar-refractivity contribution in [2.24, 2.45) is 0 Å². The fraction of sp³-hybridized carbons (Fsp3) is 0.415. The molecule has 6 amide bonds. The highest BCUT2D eigenvalue weighted by Gasteiger charge is 2.42. The number of aliphatic hydroxyl groups excluding tert-OH is 1. The van der Waals surface area contributed by atoms with Crippen LogP contribution in [0.25, 0.3) is 0 Å². The van der Waals surface area contributed by atoms with Crippen molar-refractivity contribution in [3.8, 4) is 11.5 Å². The number of benzene rings is 3. The molecule has 6 bridgehead atoms. The van der Waals surface area contributed by atoms with E-state index in [1.165, 1.54) is 60.0 Å². The number of hydrogen-bond acceptors (Lipinski definition) is 9. The van der Waals surface area contributed by atoms with Gasteiger partial charge in [-0.05, 0) is 66.8 Å². The Kier molecular flexibility index (Phi) is 12.7. The van der Waals surface area contributed by atoms with Crippen LogP contribution >= 0.6 is 0 Å². The van der Waals surface area contributed by atoms with Gasteiger partial charge in [0.1, 0.15) is 53.9 Å². The molecule has 3 aliphatic rings. The van der Waals surface area contributed by atoms with Gasteiger partial charge in [-0.1, -0.05) is 48.5 Å². The molecule has 15 nitrogen and oxygen atoms in total. The van der Waals surface area contributed by atoms with E-state index in [1.54, 1.807) is 60.7 Å². The second kappa shape index (κ2) is 17.2. The molecule has 1 saturated heterocycles. The number of phenols is 1. The zero-order valence-electron chi connectivity index (χ0n) is 32.6. The highest BCUT2D eigenvalue weighted by atomic mass is 16.5. The van der Waals surface area contributed by atoms with Gasteiger partial charge >= 0.3 is 0 Å². The normalized spacial score (nSPS) is 25.9. The maximum atomic E-state index is 14.7. The fourth-order valence-electron chi connectivity index (χ4n) is 7.08. The number of fused-ring (bicyclic) bond motifs is 2. The number of aromatic hydroxyl groups is 1. The number of nitrogens with zero attached hydrogens (tertiary/aromatic N) is 3. The Morgan fingerprint density at radius 1 is 0.679 bits per heavy atom. The quantitative estimate of drug-likeness (QED) is 0.256. The van der Waals surface area contributed by atoms with E-state index in [9.17, 15) is 39.0 Å². The van der Waals surface area contributed by atoms with E-state index in [-0.39, 0.29) is 18.6 Å². The van der Waals surface area contributed by atoms with Crippen molar-refractivity contribution in [1.29, 1.82) is 0 Å². The van der Waals surface area contributed by atoms with Gasteiger partial charge in [0.25, 0.3) is 0 Å². The van der Waals surface area contributed by atoms with Gasteiger partial charge in [0, 0.05) is 40.4 Å². The summed E-state index contributed by atoms with van der Waals surface area (Å²) in [6, 6.07) is 11.0. The number of nitrogens with one attached hydrogen (secondary N) is 3. The molecule has 3 aromatic carbocycles. The molecule has 6 rings (SSSR count). The van der Waals surface area contributed by atoms with Crippen LogP contribution in [-0.2, 0) is 48.0 Å².